The summed E-state index contributed by atoms with van der Waals surface area (Å²) in [5.41, 5.74) is 2.56. The summed E-state index contributed by atoms with van der Waals surface area (Å²) < 4.78 is 0. The van der Waals surface area contributed by atoms with Gasteiger partial charge in [-0.3, -0.25) is 0 Å². The molecule has 2 heteroatoms. The van der Waals surface area contributed by atoms with Gasteiger partial charge in [0, 0.05) is 23.6 Å². The van der Waals surface area contributed by atoms with Crippen molar-refractivity contribution in [1.82, 2.24) is 10.3 Å². The van der Waals surface area contributed by atoms with Crippen molar-refractivity contribution in [3.8, 4) is 0 Å². The zero-order valence-electron chi connectivity index (χ0n) is 7.80. The van der Waals surface area contributed by atoms with Gasteiger partial charge in [-0.05, 0) is 18.2 Å². The van der Waals surface area contributed by atoms with Crippen molar-refractivity contribution in [2.45, 2.75) is 13.5 Å². The molecule has 2 rings (SSSR count). The Morgan fingerprint density at radius 2 is 2.15 bits per heavy atom. The maximum atomic E-state index is 3.32. The molecule has 0 aliphatic rings. The number of fused-ring (bicyclic) bond motifs is 1. The molecule has 68 valence electrons. The first-order valence-electron chi connectivity index (χ1n) is 4.67. The maximum absolute atomic E-state index is 3.32. The van der Waals surface area contributed by atoms with E-state index in [0.717, 1.165) is 13.1 Å². The Kier molecular flexibility index (Phi) is 2.32. The second kappa shape index (κ2) is 3.62. The number of aromatic nitrogens is 1. The third-order valence-electron chi connectivity index (χ3n) is 2.24. The van der Waals surface area contributed by atoms with Crippen LogP contribution < -0.4 is 5.32 Å². The molecule has 0 atom stereocenters. The topological polar surface area (TPSA) is 27.8 Å². The highest BCUT2D eigenvalue weighted by Gasteiger charge is 2.00. The van der Waals surface area contributed by atoms with E-state index in [2.05, 4.69) is 47.7 Å². The molecule has 0 amide bonds. The highest BCUT2D eigenvalue weighted by Crippen LogP contribution is 2.16. The normalized spacial score (nSPS) is 10.8. The lowest BCUT2D eigenvalue weighted by Gasteiger charge is -1.98. The third kappa shape index (κ3) is 1.58. The van der Waals surface area contributed by atoms with Crippen LogP contribution in [0.15, 0.2) is 30.5 Å². The number of hydrogen-bond acceptors (Lipinski definition) is 1. The molecule has 0 bridgehead atoms. The summed E-state index contributed by atoms with van der Waals surface area (Å²) in [6, 6.07) is 8.38. The number of rotatable bonds is 3. The summed E-state index contributed by atoms with van der Waals surface area (Å²) in [6.07, 6.45) is 2.08. The molecule has 0 aliphatic carbocycles. The van der Waals surface area contributed by atoms with E-state index in [0.29, 0.717) is 0 Å². The number of aromatic amines is 1. The van der Waals surface area contributed by atoms with E-state index >= 15 is 0 Å². The summed E-state index contributed by atoms with van der Waals surface area (Å²) in [5, 5.41) is 4.65. The minimum atomic E-state index is 0.945. The Morgan fingerprint density at radius 1 is 1.31 bits per heavy atom. The number of hydrogen-bond donors (Lipinski definition) is 2. The zero-order chi connectivity index (χ0) is 9.10. The molecular formula is C11H14N2. The van der Waals surface area contributed by atoms with Crippen LogP contribution >= 0.6 is 0 Å². The van der Waals surface area contributed by atoms with Crippen LogP contribution in [0, 0.1) is 0 Å². The van der Waals surface area contributed by atoms with E-state index in [1.54, 1.807) is 0 Å². The highest BCUT2D eigenvalue weighted by atomic mass is 14.8. The minimum absolute atomic E-state index is 0.945. The van der Waals surface area contributed by atoms with E-state index in [1.165, 1.54) is 16.5 Å². The summed E-state index contributed by atoms with van der Waals surface area (Å²) in [5.74, 6) is 0. The van der Waals surface area contributed by atoms with Crippen molar-refractivity contribution in [3.63, 3.8) is 0 Å². The molecule has 0 fully saturated rings. The van der Waals surface area contributed by atoms with Crippen LogP contribution in [0.4, 0.5) is 0 Å². The van der Waals surface area contributed by atoms with Crippen LogP contribution in [-0.2, 0) is 6.54 Å². The van der Waals surface area contributed by atoms with E-state index in [1.807, 2.05) is 0 Å². The molecule has 0 saturated carbocycles. The standard InChI is InChI=1S/C11H14N2/c1-2-12-7-9-8-13-11-6-4-3-5-10(9)11/h3-6,8,12-13H,2,7H2,1H3. The second-order valence-corrected chi connectivity index (χ2v) is 3.14. The SMILES string of the molecule is CCNCc1c[nH]c2ccccc12. The number of H-pyrrole nitrogens is 1. The Balaban J connectivity index is 2.35. The predicted molar refractivity (Wildman–Crippen MR) is 55.7 cm³/mol. The predicted octanol–water partition coefficient (Wildman–Crippen LogP) is 2.28. The molecule has 13 heavy (non-hydrogen) atoms. The van der Waals surface area contributed by atoms with Crippen molar-refractivity contribution >= 4 is 10.9 Å². The summed E-state index contributed by atoms with van der Waals surface area (Å²) in [4.78, 5) is 3.26. The molecule has 2 aromatic rings. The van der Waals surface area contributed by atoms with Gasteiger partial charge in [0.25, 0.3) is 0 Å². The van der Waals surface area contributed by atoms with Crippen LogP contribution in [-0.4, -0.2) is 11.5 Å². The van der Waals surface area contributed by atoms with Crippen LogP contribution in [0.1, 0.15) is 12.5 Å². The van der Waals surface area contributed by atoms with Gasteiger partial charge in [0.15, 0.2) is 0 Å². The maximum Gasteiger partial charge on any atom is 0.0457 e. The number of para-hydroxylation sites is 1. The van der Waals surface area contributed by atoms with E-state index < -0.39 is 0 Å². The van der Waals surface area contributed by atoms with Crippen molar-refractivity contribution in [2.75, 3.05) is 6.54 Å². The molecule has 0 saturated heterocycles. The average molecular weight is 174 g/mol. The average Bonchev–Trinajstić information content (AvgIpc) is 2.58. The molecule has 1 heterocycles. The van der Waals surface area contributed by atoms with Gasteiger partial charge in [0.05, 0.1) is 0 Å². The smallest absolute Gasteiger partial charge is 0.0457 e. The third-order valence-corrected chi connectivity index (χ3v) is 2.24. The van der Waals surface area contributed by atoms with Gasteiger partial charge in [-0.25, -0.2) is 0 Å². The van der Waals surface area contributed by atoms with Gasteiger partial charge in [-0.2, -0.15) is 0 Å². The Labute approximate surface area is 78.0 Å². The Hall–Kier alpha value is -1.28. The Bertz CT molecular complexity index is 390. The first kappa shape index (κ1) is 8.32. The molecule has 2 N–H and O–H groups in total. The van der Waals surface area contributed by atoms with E-state index in [-0.39, 0.29) is 0 Å². The lowest BCUT2D eigenvalue weighted by atomic mass is 10.2. The summed E-state index contributed by atoms with van der Waals surface area (Å²) in [6.45, 7) is 4.08. The molecule has 0 spiro atoms. The Morgan fingerprint density at radius 3 is 3.00 bits per heavy atom. The molecule has 0 aliphatic heterocycles. The molecule has 0 radical (unpaired) electrons. The minimum Gasteiger partial charge on any atom is -0.361 e. The molecule has 1 aromatic heterocycles. The van der Waals surface area contributed by atoms with Crippen LogP contribution in [0.2, 0.25) is 0 Å². The van der Waals surface area contributed by atoms with Crippen molar-refractivity contribution in [2.24, 2.45) is 0 Å². The molecule has 1 aromatic carbocycles. The zero-order valence-corrected chi connectivity index (χ0v) is 7.80. The number of nitrogens with one attached hydrogen (secondary N) is 2. The second-order valence-electron chi connectivity index (χ2n) is 3.14. The van der Waals surface area contributed by atoms with Gasteiger partial charge < -0.3 is 10.3 Å². The fourth-order valence-corrected chi connectivity index (χ4v) is 1.54. The summed E-state index contributed by atoms with van der Waals surface area (Å²) in [7, 11) is 0. The van der Waals surface area contributed by atoms with Crippen molar-refractivity contribution < 1.29 is 0 Å². The fraction of sp³-hybridized carbons (Fsp3) is 0.273. The molecule has 0 unspecified atom stereocenters. The molecule has 2 nitrogen and oxygen atoms in total. The van der Waals surface area contributed by atoms with Gasteiger partial charge in [0.2, 0.25) is 0 Å². The van der Waals surface area contributed by atoms with Crippen molar-refractivity contribution in [1.29, 1.82) is 0 Å². The first-order valence-corrected chi connectivity index (χ1v) is 4.67. The van der Waals surface area contributed by atoms with Gasteiger partial charge >= 0.3 is 0 Å². The first-order chi connectivity index (χ1) is 6.42. The lowest BCUT2D eigenvalue weighted by Crippen LogP contribution is -2.11. The van der Waals surface area contributed by atoms with Gasteiger partial charge in [0.1, 0.15) is 0 Å². The monoisotopic (exact) mass is 174 g/mol. The van der Waals surface area contributed by atoms with Gasteiger partial charge in [-0.1, -0.05) is 25.1 Å². The van der Waals surface area contributed by atoms with E-state index in [9.17, 15) is 0 Å². The molecular weight excluding hydrogens is 160 g/mol. The van der Waals surface area contributed by atoms with Crippen LogP contribution in [0.3, 0.4) is 0 Å². The largest absolute Gasteiger partial charge is 0.361 e. The van der Waals surface area contributed by atoms with Gasteiger partial charge in [-0.15, -0.1) is 0 Å². The van der Waals surface area contributed by atoms with E-state index in [4.69, 9.17) is 0 Å². The number of benzene rings is 1. The van der Waals surface area contributed by atoms with Crippen LogP contribution in [0.5, 0.6) is 0 Å². The summed E-state index contributed by atoms with van der Waals surface area (Å²) >= 11 is 0. The van der Waals surface area contributed by atoms with Crippen molar-refractivity contribution in [3.05, 3.63) is 36.0 Å². The van der Waals surface area contributed by atoms with Crippen LogP contribution in [0.25, 0.3) is 10.9 Å². The fourth-order valence-electron chi connectivity index (χ4n) is 1.54. The quantitative estimate of drug-likeness (QED) is 0.734. The highest BCUT2D eigenvalue weighted by molar-refractivity contribution is 5.82. The lowest BCUT2D eigenvalue weighted by molar-refractivity contribution is 0.730.